The molecule has 2 aromatic rings. The summed E-state index contributed by atoms with van der Waals surface area (Å²) >= 11 is 0. The van der Waals surface area contributed by atoms with Crippen molar-refractivity contribution >= 4 is 29.0 Å². The zero-order valence-corrected chi connectivity index (χ0v) is 20.6. The molecule has 0 radical (unpaired) electrons. The van der Waals surface area contributed by atoms with Crippen LogP contribution in [0.3, 0.4) is 0 Å². The first-order valence-corrected chi connectivity index (χ1v) is 12.5. The van der Waals surface area contributed by atoms with Crippen molar-refractivity contribution < 1.29 is 27.5 Å². The fourth-order valence-electron chi connectivity index (χ4n) is 4.52. The van der Waals surface area contributed by atoms with Crippen molar-refractivity contribution in [3.05, 3.63) is 53.6 Å². The molecule has 4 rings (SSSR count). The predicted molar refractivity (Wildman–Crippen MR) is 136 cm³/mol. The lowest BCUT2D eigenvalue weighted by molar-refractivity contribution is -0.137. The van der Waals surface area contributed by atoms with Gasteiger partial charge in [-0.05, 0) is 62.2 Å². The summed E-state index contributed by atoms with van der Waals surface area (Å²) in [5.74, 6) is -0.231. The number of urea groups is 1. The van der Waals surface area contributed by atoms with Gasteiger partial charge < -0.3 is 25.6 Å². The number of ether oxygens (including phenoxy) is 1. The van der Waals surface area contributed by atoms with E-state index < -0.39 is 17.8 Å². The molecular formula is C26H32F3N5O3. The first-order valence-electron chi connectivity index (χ1n) is 12.5. The van der Waals surface area contributed by atoms with Crippen molar-refractivity contribution in [1.82, 2.24) is 10.2 Å². The monoisotopic (exact) mass is 519 g/mol. The third kappa shape index (κ3) is 7.59. The molecule has 37 heavy (non-hydrogen) atoms. The summed E-state index contributed by atoms with van der Waals surface area (Å²) in [6.07, 6.45) is -1.62. The van der Waals surface area contributed by atoms with Gasteiger partial charge in [0.2, 0.25) is 0 Å². The average molecular weight is 520 g/mol. The molecule has 0 spiro atoms. The molecule has 2 aliphatic rings. The average Bonchev–Trinajstić information content (AvgIpc) is 3.41. The molecule has 2 fully saturated rings. The molecule has 2 heterocycles. The van der Waals surface area contributed by atoms with Crippen molar-refractivity contribution in [1.29, 1.82) is 0 Å². The first-order chi connectivity index (χ1) is 17.8. The third-order valence-electron chi connectivity index (χ3n) is 6.43. The number of alkyl halides is 3. The van der Waals surface area contributed by atoms with Crippen molar-refractivity contribution in [2.24, 2.45) is 0 Å². The quantitative estimate of drug-likeness (QED) is 0.450. The van der Waals surface area contributed by atoms with Gasteiger partial charge in [-0.15, -0.1) is 0 Å². The van der Waals surface area contributed by atoms with Crippen LogP contribution in [0.25, 0.3) is 0 Å². The number of benzene rings is 2. The van der Waals surface area contributed by atoms with E-state index in [0.29, 0.717) is 17.8 Å². The normalized spacial score (nSPS) is 16.5. The van der Waals surface area contributed by atoms with Gasteiger partial charge in [0.25, 0.3) is 5.91 Å². The van der Waals surface area contributed by atoms with Crippen molar-refractivity contribution in [3.63, 3.8) is 0 Å². The fourth-order valence-corrected chi connectivity index (χ4v) is 4.52. The van der Waals surface area contributed by atoms with Crippen LogP contribution in [0.5, 0.6) is 0 Å². The van der Waals surface area contributed by atoms with Crippen LogP contribution in [0.2, 0.25) is 0 Å². The zero-order valence-electron chi connectivity index (χ0n) is 20.6. The number of hydrogen-bond donors (Lipinski definition) is 3. The molecule has 0 unspecified atom stereocenters. The lowest BCUT2D eigenvalue weighted by atomic mass is 10.1. The second kappa shape index (κ2) is 12.3. The Bertz CT molecular complexity index is 1080. The van der Waals surface area contributed by atoms with Gasteiger partial charge >= 0.3 is 12.2 Å². The molecule has 0 bridgehead atoms. The van der Waals surface area contributed by atoms with Crippen LogP contribution in [0.15, 0.2) is 42.5 Å². The summed E-state index contributed by atoms with van der Waals surface area (Å²) in [4.78, 5) is 30.1. The third-order valence-corrected chi connectivity index (χ3v) is 6.43. The summed E-state index contributed by atoms with van der Waals surface area (Å²) < 4.78 is 44.3. The van der Waals surface area contributed by atoms with E-state index in [4.69, 9.17) is 4.74 Å². The molecule has 2 aromatic carbocycles. The SMILES string of the molecule is O=C(Nc1cccc(C(F)(F)F)c1)Nc1ccc(N2CCCC2)c(C(=O)NCCCN2CCOCC2)c1. The Morgan fingerprint density at radius 1 is 0.919 bits per heavy atom. The number of nitrogens with one attached hydrogen (secondary N) is 3. The lowest BCUT2D eigenvalue weighted by Crippen LogP contribution is -2.38. The Hall–Kier alpha value is -3.31. The number of halogens is 3. The van der Waals surface area contributed by atoms with Gasteiger partial charge in [-0.25, -0.2) is 4.79 Å². The highest BCUT2D eigenvalue weighted by atomic mass is 19.4. The van der Waals surface area contributed by atoms with Gasteiger partial charge in [0.05, 0.1) is 24.3 Å². The van der Waals surface area contributed by atoms with Gasteiger partial charge in [-0.2, -0.15) is 13.2 Å². The highest BCUT2D eigenvalue weighted by molar-refractivity contribution is 6.04. The van der Waals surface area contributed by atoms with Crippen molar-refractivity contribution in [3.8, 4) is 0 Å². The summed E-state index contributed by atoms with van der Waals surface area (Å²) in [7, 11) is 0. The molecule has 3 N–H and O–H groups in total. The van der Waals surface area contributed by atoms with Gasteiger partial charge in [-0.3, -0.25) is 9.69 Å². The van der Waals surface area contributed by atoms with Crippen LogP contribution in [0, 0.1) is 0 Å². The second-order valence-corrected chi connectivity index (χ2v) is 9.15. The first kappa shape index (κ1) is 26.7. The van der Waals surface area contributed by atoms with Crippen LogP contribution in [0.4, 0.5) is 35.0 Å². The molecular weight excluding hydrogens is 487 g/mol. The maximum absolute atomic E-state index is 13.1. The van der Waals surface area contributed by atoms with Gasteiger partial charge in [-0.1, -0.05) is 6.07 Å². The number of carbonyl (C=O) groups is 2. The Balaban J connectivity index is 1.40. The Morgan fingerprint density at radius 3 is 2.32 bits per heavy atom. The summed E-state index contributed by atoms with van der Waals surface area (Å²) in [6, 6.07) is 8.80. The van der Waals surface area contributed by atoms with E-state index in [1.807, 2.05) is 0 Å². The lowest BCUT2D eigenvalue weighted by Gasteiger charge is -2.26. The molecule has 3 amide bonds. The van der Waals surface area contributed by atoms with Crippen molar-refractivity contribution in [2.75, 3.05) is 68.0 Å². The molecule has 2 aliphatic heterocycles. The number of morpholine rings is 1. The van der Waals surface area contributed by atoms with Gasteiger partial charge in [0.15, 0.2) is 0 Å². The highest BCUT2D eigenvalue weighted by Crippen LogP contribution is 2.31. The van der Waals surface area contributed by atoms with E-state index >= 15 is 0 Å². The number of nitrogens with zero attached hydrogens (tertiary/aromatic N) is 2. The molecule has 8 nitrogen and oxygen atoms in total. The molecule has 2 saturated heterocycles. The zero-order chi connectivity index (χ0) is 26.3. The van der Waals surface area contributed by atoms with E-state index in [1.54, 1.807) is 18.2 Å². The Labute approximate surface area is 214 Å². The Morgan fingerprint density at radius 2 is 1.62 bits per heavy atom. The standard InChI is InChI=1S/C26H32F3N5O3/c27-26(28,29)19-5-3-6-20(17-19)31-25(36)32-21-7-8-23(34-11-1-2-12-34)22(18-21)24(35)30-9-4-10-33-13-15-37-16-14-33/h3,5-8,17-18H,1-2,4,9-16H2,(H,30,35)(H2,31,32,36). The maximum Gasteiger partial charge on any atom is 0.416 e. The van der Waals surface area contributed by atoms with E-state index in [1.165, 1.54) is 12.1 Å². The second-order valence-electron chi connectivity index (χ2n) is 9.15. The minimum atomic E-state index is -4.51. The van der Waals surface area contributed by atoms with Crippen molar-refractivity contribution in [2.45, 2.75) is 25.4 Å². The minimum Gasteiger partial charge on any atom is -0.379 e. The molecule has 0 aliphatic carbocycles. The van der Waals surface area contributed by atoms with Crippen LogP contribution >= 0.6 is 0 Å². The molecule has 11 heteroatoms. The summed E-state index contributed by atoms with van der Waals surface area (Å²) in [5, 5.41) is 8.03. The smallest absolute Gasteiger partial charge is 0.379 e. The molecule has 200 valence electrons. The Kier molecular flexibility index (Phi) is 8.88. The van der Waals surface area contributed by atoms with E-state index in [-0.39, 0.29) is 11.6 Å². The molecule has 0 saturated carbocycles. The number of rotatable bonds is 8. The van der Waals surface area contributed by atoms with Crippen LogP contribution < -0.4 is 20.9 Å². The molecule has 0 atom stereocenters. The topological polar surface area (TPSA) is 85.9 Å². The largest absolute Gasteiger partial charge is 0.416 e. The number of anilines is 3. The summed E-state index contributed by atoms with van der Waals surface area (Å²) in [6.45, 7) is 6.33. The predicted octanol–water partition coefficient (Wildman–Crippen LogP) is 4.40. The number of hydrogen-bond acceptors (Lipinski definition) is 5. The van der Waals surface area contributed by atoms with Crippen LogP contribution in [-0.2, 0) is 10.9 Å². The van der Waals surface area contributed by atoms with Gasteiger partial charge in [0, 0.05) is 49.8 Å². The van der Waals surface area contributed by atoms with Crippen LogP contribution in [0.1, 0.15) is 35.2 Å². The number of amides is 3. The van der Waals surface area contributed by atoms with Crippen LogP contribution in [-0.4, -0.2) is 69.3 Å². The highest BCUT2D eigenvalue weighted by Gasteiger charge is 2.30. The van der Waals surface area contributed by atoms with E-state index in [9.17, 15) is 22.8 Å². The number of carbonyl (C=O) groups excluding carboxylic acids is 2. The fraction of sp³-hybridized carbons (Fsp3) is 0.462. The van der Waals surface area contributed by atoms with Gasteiger partial charge in [0.1, 0.15) is 0 Å². The summed E-state index contributed by atoms with van der Waals surface area (Å²) in [5.41, 5.74) is 0.773. The minimum absolute atomic E-state index is 0.0132. The maximum atomic E-state index is 13.1. The van der Waals surface area contributed by atoms with E-state index in [2.05, 4.69) is 25.8 Å². The van der Waals surface area contributed by atoms with E-state index in [0.717, 1.165) is 83.0 Å². The molecule has 0 aromatic heterocycles.